The van der Waals surface area contributed by atoms with Crippen LogP contribution in [0.4, 0.5) is 0 Å². The summed E-state index contributed by atoms with van der Waals surface area (Å²) < 4.78 is 11.8. The molecule has 3 nitrogen and oxygen atoms in total. The lowest BCUT2D eigenvalue weighted by molar-refractivity contribution is -0.164. The van der Waals surface area contributed by atoms with E-state index in [9.17, 15) is 4.79 Å². The molecule has 7 unspecified atom stereocenters. The zero-order valence-electron chi connectivity index (χ0n) is 14.3. The van der Waals surface area contributed by atoms with E-state index in [4.69, 9.17) is 9.47 Å². The van der Waals surface area contributed by atoms with E-state index in [1.165, 1.54) is 12.8 Å². The zero-order valence-corrected chi connectivity index (χ0v) is 14.3. The fourth-order valence-electron chi connectivity index (χ4n) is 5.20. The third-order valence-electron chi connectivity index (χ3n) is 7.49. The Morgan fingerprint density at radius 3 is 2.24 bits per heavy atom. The zero-order chi connectivity index (χ0) is 15.6. The van der Waals surface area contributed by atoms with Crippen molar-refractivity contribution in [3.05, 3.63) is 0 Å². The molecule has 3 heteroatoms. The first-order valence-corrected chi connectivity index (χ1v) is 8.54. The summed E-state index contributed by atoms with van der Waals surface area (Å²) in [5.41, 5.74) is 0.430. The van der Waals surface area contributed by atoms with Gasteiger partial charge in [-0.05, 0) is 50.4 Å². The average Bonchev–Trinajstić information content (AvgIpc) is 2.84. The molecule has 0 amide bonds. The molecule has 2 bridgehead atoms. The maximum Gasteiger partial charge on any atom is 0.312 e. The molecule has 0 N–H and O–H groups in total. The first-order valence-electron chi connectivity index (χ1n) is 8.54. The average molecular weight is 294 g/mol. The van der Waals surface area contributed by atoms with Crippen LogP contribution in [0.25, 0.3) is 0 Å². The molecule has 0 spiro atoms. The van der Waals surface area contributed by atoms with Crippen LogP contribution in [0, 0.1) is 28.6 Å². The summed E-state index contributed by atoms with van der Waals surface area (Å²) >= 11 is 0. The van der Waals surface area contributed by atoms with Crippen LogP contribution in [0.2, 0.25) is 0 Å². The third kappa shape index (κ3) is 1.99. The second-order valence-corrected chi connectivity index (χ2v) is 8.47. The van der Waals surface area contributed by atoms with Gasteiger partial charge in [-0.3, -0.25) is 4.79 Å². The molecule has 0 aromatic rings. The molecule has 1 heterocycles. The Bertz CT molecular complexity index is 444. The van der Waals surface area contributed by atoms with Crippen LogP contribution in [-0.4, -0.2) is 24.3 Å². The minimum Gasteiger partial charge on any atom is -0.461 e. The SMILES string of the molecule is CC1OC(C)C(C(=O)OC2CC3CCC2(C)C3(C)C)C1C. The summed E-state index contributed by atoms with van der Waals surface area (Å²) in [4.78, 5) is 12.7. The van der Waals surface area contributed by atoms with Crippen molar-refractivity contribution >= 4 is 5.97 Å². The van der Waals surface area contributed by atoms with E-state index >= 15 is 0 Å². The molecular formula is C18H30O3. The van der Waals surface area contributed by atoms with E-state index in [1.54, 1.807) is 0 Å². The molecule has 21 heavy (non-hydrogen) atoms. The Morgan fingerprint density at radius 2 is 1.81 bits per heavy atom. The van der Waals surface area contributed by atoms with Gasteiger partial charge in [0, 0.05) is 5.41 Å². The van der Waals surface area contributed by atoms with Crippen molar-refractivity contribution in [1.29, 1.82) is 0 Å². The highest BCUT2D eigenvalue weighted by molar-refractivity contribution is 5.74. The van der Waals surface area contributed by atoms with Crippen LogP contribution in [0.15, 0.2) is 0 Å². The topological polar surface area (TPSA) is 35.5 Å². The van der Waals surface area contributed by atoms with Crippen LogP contribution in [-0.2, 0) is 14.3 Å². The van der Waals surface area contributed by atoms with E-state index in [2.05, 4.69) is 34.6 Å². The number of ether oxygens (including phenoxy) is 2. The second kappa shape index (κ2) is 4.71. The highest BCUT2D eigenvalue weighted by Crippen LogP contribution is 2.66. The molecule has 1 aliphatic heterocycles. The molecule has 2 aliphatic carbocycles. The Morgan fingerprint density at radius 1 is 1.14 bits per heavy atom. The number of carbonyl (C=O) groups is 1. The quantitative estimate of drug-likeness (QED) is 0.727. The lowest BCUT2D eigenvalue weighted by atomic mass is 9.70. The van der Waals surface area contributed by atoms with Gasteiger partial charge in [-0.2, -0.15) is 0 Å². The highest BCUT2D eigenvalue weighted by atomic mass is 16.6. The number of carbonyl (C=O) groups excluding carboxylic acids is 1. The van der Waals surface area contributed by atoms with E-state index in [0.29, 0.717) is 5.92 Å². The fourth-order valence-corrected chi connectivity index (χ4v) is 5.20. The summed E-state index contributed by atoms with van der Waals surface area (Å²) in [6, 6.07) is 0. The minimum atomic E-state index is -0.106. The van der Waals surface area contributed by atoms with Gasteiger partial charge in [0.25, 0.3) is 0 Å². The van der Waals surface area contributed by atoms with Crippen molar-refractivity contribution in [1.82, 2.24) is 0 Å². The molecule has 0 aromatic carbocycles. The molecule has 7 atom stereocenters. The predicted octanol–water partition coefficient (Wildman–Crippen LogP) is 3.80. The summed E-state index contributed by atoms with van der Waals surface area (Å²) in [5, 5.41) is 0. The monoisotopic (exact) mass is 294 g/mol. The van der Waals surface area contributed by atoms with Crippen LogP contribution in [0.5, 0.6) is 0 Å². The molecule has 3 aliphatic rings. The van der Waals surface area contributed by atoms with Crippen molar-refractivity contribution in [3.8, 4) is 0 Å². The van der Waals surface area contributed by atoms with E-state index in [0.717, 1.165) is 6.42 Å². The smallest absolute Gasteiger partial charge is 0.312 e. The van der Waals surface area contributed by atoms with Crippen molar-refractivity contribution in [2.45, 2.75) is 79.1 Å². The second-order valence-electron chi connectivity index (χ2n) is 8.47. The molecule has 0 radical (unpaired) electrons. The molecule has 3 rings (SSSR count). The van der Waals surface area contributed by atoms with Crippen molar-refractivity contribution < 1.29 is 14.3 Å². The van der Waals surface area contributed by atoms with Gasteiger partial charge in [0.15, 0.2) is 0 Å². The molecular weight excluding hydrogens is 264 g/mol. The molecule has 2 saturated carbocycles. The lowest BCUT2D eigenvalue weighted by Gasteiger charge is -2.39. The predicted molar refractivity (Wildman–Crippen MR) is 81.8 cm³/mol. The number of esters is 1. The van der Waals surface area contributed by atoms with Gasteiger partial charge in [-0.15, -0.1) is 0 Å². The number of rotatable bonds is 2. The van der Waals surface area contributed by atoms with Gasteiger partial charge in [0.1, 0.15) is 6.10 Å². The van der Waals surface area contributed by atoms with E-state index < -0.39 is 0 Å². The summed E-state index contributed by atoms with van der Waals surface area (Å²) in [6.07, 6.45) is 3.72. The van der Waals surface area contributed by atoms with Gasteiger partial charge < -0.3 is 9.47 Å². The molecule has 120 valence electrons. The first-order chi connectivity index (χ1) is 9.68. The van der Waals surface area contributed by atoms with Crippen LogP contribution in [0.3, 0.4) is 0 Å². The Balaban J connectivity index is 1.72. The molecule has 1 saturated heterocycles. The van der Waals surface area contributed by atoms with Gasteiger partial charge in [-0.1, -0.05) is 27.7 Å². The van der Waals surface area contributed by atoms with Crippen LogP contribution < -0.4 is 0 Å². The summed E-state index contributed by atoms with van der Waals surface area (Å²) in [5.74, 6) is 0.806. The highest BCUT2D eigenvalue weighted by Gasteiger charge is 2.63. The third-order valence-corrected chi connectivity index (χ3v) is 7.49. The van der Waals surface area contributed by atoms with E-state index in [-0.39, 0.29) is 46.9 Å². The molecule has 0 aromatic heterocycles. The Kier molecular flexibility index (Phi) is 3.44. The summed E-state index contributed by atoms with van der Waals surface area (Å²) in [6.45, 7) is 13.2. The van der Waals surface area contributed by atoms with Crippen LogP contribution >= 0.6 is 0 Å². The van der Waals surface area contributed by atoms with Gasteiger partial charge in [-0.25, -0.2) is 0 Å². The van der Waals surface area contributed by atoms with Crippen molar-refractivity contribution in [3.63, 3.8) is 0 Å². The minimum absolute atomic E-state index is 0.0260. The summed E-state index contributed by atoms with van der Waals surface area (Å²) in [7, 11) is 0. The normalized spacial score (nSPS) is 51.3. The van der Waals surface area contributed by atoms with Gasteiger partial charge in [0.05, 0.1) is 18.1 Å². The maximum atomic E-state index is 12.7. The van der Waals surface area contributed by atoms with Gasteiger partial charge >= 0.3 is 5.97 Å². The van der Waals surface area contributed by atoms with Crippen LogP contribution in [0.1, 0.15) is 60.8 Å². The largest absolute Gasteiger partial charge is 0.461 e. The fraction of sp³-hybridized carbons (Fsp3) is 0.944. The molecule has 3 fully saturated rings. The Labute approximate surface area is 128 Å². The lowest BCUT2D eigenvalue weighted by Crippen LogP contribution is -2.41. The van der Waals surface area contributed by atoms with Crippen molar-refractivity contribution in [2.24, 2.45) is 28.6 Å². The standard InChI is InChI=1S/C18H30O3/c1-10-11(2)20-12(3)15(10)16(19)21-14-9-13-7-8-18(14,6)17(13,4)5/h10-15H,7-9H2,1-6H3. The Hall–Kier alpha value is -0.570. The number of hydrogen-bond donors (Lipinski definition) is 0. The van der Waals surface area contributed by atoms with Crippen molar-refractivity contribution in [2.75, 3.05) is 0 Å². The first kappa shape index (κ1) is 15.3. The van der Waals surface area contributed by atoms with Gasteiger partial charge in [0.2, 0.25) is 0 Å². The number of fused-ring (bicyclic) bond motifs is 2. The number of hydrogen-bond acceptors (Lipinski definition) is 3. The maximum absolute atomic E-state index is 12.7. The van der Waals surface area contributed by atoms with E-state index in [1.807, 2.05) is 6.92 Å².